The Labute approximate surface area is 97.3 Å². The van der Waals surface area contributed by atoms with Crippen LogP contribution in [0.3, 0.4) is 0 Å². The molecule has 6 nitrogen and oxygen atoms in total. The van der Waals surface area contributed by atoms with Gasteiger partial charge in [0.25, 0.3) is 0 Å². The number of hydrogen-bond acceptors (Lipinski definition) is 4. The second-order valence-corrected chi connectivity index (χ2v) is 3.78. The lowest BCUT2D eigenvalue weighted by atomic mass is 10.3. The smallest absolute Gasteiger partial charge is 0.164 e. The van der Waals surface area contributed by atoms with Gasteiger partial charge in [-0.2, -0.15) is 5.10 Å². The molecule has 0 saturated heterocycles. The largest absolute Gasteiger partial charge is 0.342 e. The fourth-order valence-corrected chi connectivity index (χ4v) is 1.75. The minimum absolute atomic E-state index is 0.344. The maximum Gasteiger partial charge on any atom is 0.164 e. The van der Waals surface area contributed by atoms with Crippen LogP contribution in [0.25, 0.3) is 11.0 Å². The van der Waals surface area contributed by atoms with Crippen molar-refractivity contribution in [2.75, 3.05) is 0 Å². The molecule has 1 aromatic carbocycles. The van der Waals surface area contributed by atoms with Crippen molar-refractivity contribution in [2.24, 2.45) is 5.73 Å². The number of aromatic amines is 2. The molecule has 0 saturated carbocycles. The Balaban J connectivity index is 1.89. The Morgan fingerprint density at radius 3 is 2.76 bits per heavy atom. The molecule has 0 radical (unpaired) electrons. The lowest BCUT2D eigenvalue weighted by Gasteiger charge is -1.89. The number of nitrogens with zero attached hydrogens (tertiary/aromatic N) is 3. The average molecular weight is 228 g/mol. The van der Waals surface area contributed by atoms with Crippen molar-refractivity contribution in [3.05, 3.63) is 41.7 Å². The molecule has 2 heterocycles. The molecule has 0 bridgehead atoms. The summed E-state index contributed by atoms with van der Waals surface area (Å²) in [5.41, 5.74) is 7.44. The first-order valence-electron chi connectivity index (χ1n) is 5.39. The van der Waals surface area contributed by atoms with Crippen LogP contribution in [0.5, 0.6) is 0 Å². The van der Waals surface area contributed by atoms with Crippen molar-refractivity contribution in [2.45, 2.75) is 13.0 Å². The van der Waals surface area contributed by atoms with E-state index in [-0.39, 0.29) is 0 Å². The van der Waals surface area contributed by atoms with Crippen LogP contribution in [-0.4, -0.2) is 25.1 Å². The van der Waals surface area contributed by atoms with Crippen molar-refractivity contribution in [1.29, 1.82) is 0 Å². The minimum Gasteiger partial charge on any atom is -0.342 e. The number of rotatable bonds is 3. The number of imidazole rings is 1. The van der Waals surface area contributed by atoms with Gasteiger partial charge in [0.1, 0.15) is 11.6 Å². The molecule has 0 amide bonds. The average Bonchev–Trinajstić information content (AvgIpc) is 2.94. The van der Waals surface area contributed by atoms with Gasteiger partial charge in [-0.15, -0.1) is 0 Å². The highest BCUT2D eigenvalue weighted by molar-refractivity contribution is 5.74. The molecule has 3 aromatic rings. The van der Waals surface area contributed by atoms with Gasteiger partial charge in [-0.3, -0.25) is 5.10 Å². The van der Waals surface area contributed by atoms with E-state index in [1.807, 2.05) is 24.3 Å². The summed E-state index contributed by atoms with van der Waals surface area (Å²) in [6, 6.07) is 7.91. The highest BCUT2D eigenvalue weighted by atomic mass is 15.2. The lowest BCUT2D eigenvalue weighted by molar-refractivity contribution is 0.914. The standard InChI is InChI=1S/C11H12N6/c12-6-11-15-10(16-17-11)5-9-13-7-3-1-2-4-8(7)14-9/h1-4H,5-6,12H2,(H,13,14)(H,15,16,17). The molecule has 0 aliphatic rings. The van der Waals surface area contributed by atoms with Crippen molar-refractivity contribution in [3.63, 3.8) is 0 Å². The topological polar surface area (TPSA) is 96.3 Å². The third kappa shape index (κ3) is 1.90. The number of aromatic nitrogens is 5. The molecule has 0 aliphatic heterocycles. The van der Waals surface area contributed by atoms with Crippen LogP contribution in [-0.2, 0) is 13.0 Å². The molecule has 3 rings (SSSR count). The fraction of sp³-hybridized carbons (Fsp3) is 0.182. The summed E-state index contributed by atoms with van der Waals surface area (Å²) in [4.78, 5) is 12.0. The maximum absolute atomic E-state index is 5.45. The van der Waals surface area contributed by atoms with Gasteiger partial charge < -0.3 is 10.7 Å². The van der Waals surface area contributed by atoms with Gasteiger partial charge >= 0.3 is 0 Å². The molecule has 0 atom stereocenters. The minimum atomic E-state index is 0.344. The van der Waals surface area contributed by atoms with Gasteiger partial charge in [-0.1, -0.05) is 12.1 Å². The molecule has 17 heavy (non-hydrogen) atoms. The normalized spacial score (nSPS) is 11.1. The maximum atomic E-state index is 5.45. The Hall–Kier alpha value is -2.21. The molecular weight excluding hydrogens is 216 g/mol. The molecule has 0 fully saturated rings. The SMILES string of the molecule is NCc1n[nH]c(Cc2nc3ccccc3[nH]2)n1. The Kier molecular flexibility index (Phi) is 2.34. The summed E-state index contributed by atoms with van der Waals surface area (Å²) >= 11 is 0. The number of hydrogen-bond donors (Lipinski definition) is 3. The van der Waals surface area contributed by atoms with E-state index in [1.165, 1.54) is 0 Å². The molecular formula is C11H12N6. The van der Waals surface area contributed by atoms with E-state index in [0.717, 1.165) is 22.7 Å². The van der Waals surface area contributed by atoms with Crippen molar-refractivity contribution in [3.8, 4) is 0 Å². The lowest BCUT2D eigenvalue weighted by Crippen LogP contribution is -1.98. The van der Waals surface area contributed by atoms with Crippen molar-refractivity contribution in [1.82, 2.24) is 25.1 Å². The predicted molar refractivity (Wildman–Crippen MR) is 63.2 cm³/mol. The third-order valence-electron chi connectivity index (χ3n) is 2.53. The van der Waals surface area contributed by atoms with Crippen LogP contribution >= 0.6 is 0 Å². The van der Waals surface area contributed by atoms with Crippen molar-refractivity contribution >= 4 is 11.0 Å². The van der Waals surface area contributed by atoms with Crippen LogP contribution in [0, 0.1) is 0 Å². The van der Waals surface area contributed by atoms with Crippen LogP contribution in [0.1, 0.15) is 17.5 Å². The van der Waals surface area contributed by atoms with Gasteiger partial charge in [0.2, 0.25) is 0 Å². The monoisotopic (exact) mass is 228 g/mol. The number of H-pyrrole nitrogens is 2. The van der Waals surface area contributed by atoms with E-state index in [1.54, 1.807) is 0 Å². The zero-order valence-corrected chi connectivity index (χ0v) is 9.14. The summed E-state index contributed by atoms with van der Waals surface area (Å²) in [5.74, 6) is 2.26. The predicted octanol–water partition coefficient (Wildman–Crippen LogP) is 0.730. The summed E-state index contributed by atoms with van der Waals surface area (Å²) in [6.45, 7) is 0.344. The van der Waals surface area contributed by atoms with Gasteiger partial charge in [-0.05, 0) is 12.1 Å². The summed E-state index contributed by atoms with van der Waals surface area (Å²) in [7, 11) is 0. The molecule has 0 spiro atoms. The molecule has 2 aromatic heterocycles. The van der Waals surface area contributed by atoms with Gasteiger partial charge in [-0.25, -0.2) is 9.97 Å². The number of nitrogens with one attached hydrogen (secondary N) is 2. The molecule has 0 unspecified atom stereocenters. The second-order valence-electron chi connectivity index (χ2n) is 3.78. The highest BCUT2D eigenvalue weighted by Crippen LogP contribution is 2.11. The number of benzene rings is 1. The van der Waals surface area contributed by atoms with Crippen LogP contribution < -0.4 is 5.73 Å². The summed E-state index contributed by atoms with van der Waals surface area (Å²) in [6.07, 6.45) is 0.599. The van der Waals surface area contributed by atoms with Crippen LogP contribution in [0.2, 0.25) is 0 Å². The molecule has 6 heteroatoms. The van der Waals surface area contributed by atoms with Crippen molar-refractivity contribution < 1.29 is 0 Å². The first-order chi connectivity index (χ1) is 8.35. The molecule has 86 valence electrons. The Morgan fingerprint density at radius 1 is 1.12 bits per heavy atom. The van der Waals surface area contributed by atoms with E-state index in [9.17, 15) is 0 Å². The Morgan fingerprint density at radius 2 is 2.00 bits per heavy atom. The molecule has 0 aliphatic carbocycles. The van der Waals surface area contributed by atoms with Gasteiger partial charge in [0, 0.05) is 0 Å². The van der Waals surface area contributed by atoms with E-state index in [0.29, 0.717) is 18.8 Å². The number of fused-ring (bicyclic) bond motifs is 1. The third-order valence-corrected chi connectivity index (χ3v) is 2.53. The van der Waals surface area contributed by atoms with Gasteiger partial charge in [0.05, 0.1) is 24.0 Å². The van der Waals surface area contributed by atoms with Crippen LogP contribution in [0.4, 0.5) is 0 Å². The second kappa shape index (κ2) is 3.99. The van der Waals surface area contributed by atoms with E-state index in [2.05, 4.69) is 25.1 Å². The zero-order chi connectivity index (χ0) is 11.7. The molecule has 4 N–H and O–H groups in total. The van der Waals surface area contributed by atoms with E-state index < -0.39 is 0 Å². The summed E-state index contributed by atoms with van der Waals surface area (Å²) in [5, 5.41) is 6.83. The van der Waals surface area contributed by atoms with E-state index >= 15 is 0 Å². The van der Waals surface area contributed by atoms with Gasteiger partial charge in [0.15, 0.2) is 5.82 Å². The van der Waals surface area contributed by atoms with Crippen LogP contribution in [0.15, 0.2) is 24.3 Å². The quantitative estimate of drug-likeness (QED) is 0.615. The highest BCUT2D eigenvalue weighted by Gasteiger charge is 2.06. The Bertz CT molecular complexity index is 605. The first-order valence-corrected chi connectivity index (χ1v) is 5.39. The summed E-state index contributed by atoms with van der Waals surface area (Å²) < 4.78 is 0. The zero-order valence-electron chi connectivity index (χ0n) is 9.14. The van der Waals surface area contributed by atoms with E-state index in [4.69, 9.17) is 5.73 Å². The number of para-hydroxylation sites is 2. The fourth-order valence-electron chi connectivity index (χ4n) is 1.75. The number of nitrogens with two attached hydrogens (primary N) is 1. The first kappa shape index (κ1) is 9.98.